The quantitative estimate of drug-likeness (QED) is 0.472. The molecule has 1 atom stereocenters. The SMILES string of the molecule is CC(=O)OCCCF.CC1CN(C2=Nc3cc(Cl)ccc3Oc3ccccc32)CCN1C. The monoisotopic (exact) mass is 461 g/mol. The van der Waals surface area contributed by atoms with Gasteiger partial charge in [-0.25, -0.2) is 4.99 Å². The van der Waals surface area contributed by atoms with Crippen LogP contribution in [0, 0.1) is 0 Å². The number of likely N-dealkylation sites (N-methyl/N-ethyl adjacent to an activating group) is 1. The van der Waals surface area contributed by atoms with Crippen LogP contribution in [0.2, 0.25) is 5.02 Å². The molecule has 8 heteroatoms. The van der Waals surface area contributed by atoms with Gasteiger partial charge in [0.25, 0.3) is 0 Å². The number of para-hydroxylation sites is 1. The van der Waals surface area contributed by atoms with Crippen LogP contribution in [-0.4, -0.2) is 67.6 Å². The molecule has 4 rings (SSSR count). The molecule has 0 amide bonds. The second-order valence-corrected chi connectivity index (χ2v) is 8.24. The Morgan fingerprint density at radius 2 is 2.03 bits per heavy atom. The molecule has 0 bridgehead atoms. The van der Waals surface area contributed by atoms with Crippen molar-refractivity contribution in [1.29, 1.82) is 0 Å². The Balaban J connectivity index is 0.000000312. The number of benzene rings is 2. The summed E-state index contributed by atoms with van der Waals surface area (Å²) in [6.07, 6.45) is 0.305. The fourth-order valence-corrected chi connectivity index (χ4v) is 3.62. The van der Waals surface area contributed by atoms with Gasteiger partial charge in [0.2, 0.25) is 0 Å². The summed E-state index contributed by atoms with van der Waals surface area (Å²) in [4.78, 5) is 19.6. The van der Waals surface area contributed by atoms with Crippen LogP contribution in [0.15, 0.2) is 47.5 Å². The molecule has 32 heavy (non-hydrogen) atoms. The van der Waals surface area contributed by atoms with E-state index >= 15 is 0 Å². The number of hydrogen-bond acceptors (Lipinski definition) is 6. The normalized spacial score (nSPS) is 17.6. The molecule has 1 unspecified atom stereocenters. The van der Waals surface area contributed by atoms with Gasteiger partial charge in [0.05, 0.1) is 18.8 Å². The average molecular weight is 462 g/mol. The van der Waals surface area contributed by atoms with Gasteiger partial charge >= 0.3 is 5.97 Å². The lowest BCUT2D eigenvalue weighted by Gasteiger charge is -2.39. The largest absolute Gasteiger partial charge is 0.466 e. The van der Waals surface area contributed by atoms with E-state index in [0.29, 0.717) is 17.5 Å². The van der Waals surface area contributed by atoms with E-state index in [4.69, 9.17) is 21.3 Å². The van der Waals surface area contributed by atoms with Gasteiger partial charge in [0, 0.05) is 44.0 Å². The third-order valence-electron chi connectivity index (χ3n) is 5.34. The molecular formula is C24H29ClFN3O3. The van der Waals surface area contributed by atoms with Crippen molar-refractivity contribution in [3.05, 3.63) is 53.1 Å². The number of carbonyl (C=O) groups is 1. The van der Waals surface area contributed by atoms with Gasteiger partial charge in [-0.3, -0.25) is 9.18 Å². The Hall–Kier alpha value is -2.64. The molecule has 2 aliphatic heterocycles. The van der Waals surface area contributed by atoms with Crippen LogP contribution in [0.25, 0.3) is 0 Å². The highest BCUT2D eigenvalue weighted by molar-refractivity contribution is 6.31. The van der Waals surface area contributed by atoms with Crippen LogP contribution < -0.4 is 4.74 Å². The van der Waals surface area contributed by atoms with E-state index in [1.807, 2.05) is 36.4 Å². The molecule has 0 N–H and O–H groups in total. The Morgan fingerprint density at radius 1 is 1.25 bits per heavy atom. The second-order valence-electron chi connectivity index (χ2n) is 7.80. The number of alkyl halides is 1. The molecule has 0 aliphatic carbocycles. The van der Waals surface area contributed by atoms with Crippen molar-refractivity contribution in [1.82, 2.24) is 9.80 Å². The summed E-state index contributed by atoms with van der Waals surface area (Å²) < 4.78 is 21.8. The van der Waals surface area contributed by atoms with E-state index in [1.165, 1.54) is 6.92 Å². The number of hydrogen-bond donors (Lipinski definition) is 0. The summed E-state index contributed by atoms with van der Waals surface area (Å²) in [5, 5.41) is 0.665. The average Bonchev–Trinajstić information content (AvgIpc) is 2.93. The Labute approximate surface area is 193 Å². The Bertz CT molecular complexity index is 969. The van der Waals surface area contributed by atoms with E-state index in [-0.39, 0.29) is 12.6 Å². The van der Waals surface area contributed by atoms with E-state index < -0.39 is 6.67 Å². The maximum atomic E-state index is 11.3. The minimum atomic E-state index is -0.423. The van der Waals surface area contributed by atoms with Gasteiger partial charge in [0.1, 0.15) is 17.3 Å². The molecule has 2 heterocycles. The van der Waals surface area contributed by atoms with Crippen LogP contribution in [0.3, 0.4) is 0 Å². The zero-order valence-electron chi connectivity index (χ0n) is 18.7. The minimum Gasteiger partial charge on any atom is -0.466 e. The Morgan fingerprint density at radius 3 is 2.75 bits per heavy atom. The van der Waals surface area contributed by atoms with Crippen LogP contribution >= 0.6 is 11.6 Å². The number of ether oxygens (including phenoxy) is 2. The lowest BCUT2D eigenvalue weighted by Crippen LogP contribution is -2.52. The highest BCUT2D eigenvalue weighted by atomic mass is 35.5. The number of fused-ring (bicyclic) bond motifs is 2. The molecule has 2 aliphatic rings. The van der Waals surface area contributed by atoms with Crippen LogP contribution in [-0.2, 0) is 9.53 Å². The molecule has 1 fully saturated rings. The van der Waals surface area contributed by atoms with E-state index in [9.17, 15) is 9.18 Å². The fraction of sp³-hybridized carbons (Fsp3) is 0.417. The Kier molecular flexibility index (Phi) is 8.47. The molecule has 2 aromatic carbocycles. The molecule has 1 saturated heterocycles. The number of halogens is 2. The standard InChI is InChI=1S/C19H20ClN3O.C5H9FO2/c1-13-12-23(10-9-22(13)2)19-15-5-3-4-6-17(15)24-18-8-7-14(20)11-16(18)21-19;1-5(7)8-4-2-3-6/h3-8,11,13H,9-10,12H2,1-2H3;2-4H2,1H3. The molecule has 0 spiro atoms. The number of nitrogens with zero attached hydrogens (tertiary/aromatic N) is 3. The minimum absolute atomic E-state index is 0.200. The number of rotatable bonds is 3. The van der Waals surface area contributed by atoms with Crippen molar-refractivity contribution < 1.29 is 18.7 Å². The number of carbonyl (C=O) groups excluding carboxylic acids is 1. The van der Waals surface area contributed by atoms with Crippen LogP contribution in [0.4, 0.5) is 10.1 Å². The summed E-state index contributed by atoms with van der Waals surface area (Å²) in [5.41, 5.74) is 1.81. The number of esters is 1. The summed E-state index contributed by atoms with van der Waals surface area (Å²) in [6.45, 7) is 6.24. The number of aliphatic imine (C=N–C) groups is 1. The lowest BCUT2D eigenvalue weighted by atomic mass is 10.1. The second kappa shape index (κ2) is 11.3. The third-order valence-corrected chi connectivity index (χ3v) is 5.57. The first kappa shape index (κ1) is 24.0. The van der Waals surface area contributed by atoms with Crippen molar-refractivity contribution in [3.8, 4) is 11.5 Å². The topological polar surface area (TPSA) is 54.4 Å². The van der Waals surface area contributed by atoms with Crippen molar-refractivity contribution >= 4 is 29.1 Å². The molecule has 0 saturated carbocycles. The summed E-state index contributed by atoms with van der Waals surface area (Å²) in [5.74, 6) is 2.19. The zero-order valence-corrected chi connectivity index (χ0v) is 19.4. The predicted molar refractivity (Wildman–Crippen MR) is 125 cm³/mol. The highest BCUT2D eigenvalue weighted by Crippen LogP contribution is 2.39. The van der Waals surface area contributed by atoms with Gasteiger partial charge in [-0.15, -0.1) is 0 Å². The summed E-state index contributed by atoms with van der Waals surface area (Å²) >= 11 is 6.17. The van der Waals surface area contributed by atoms with Crippen molar-refractivity contribution in [2.24, 2.45) is 4.99 Å². The van der Waals surface area contributed by atoms with Gasteiger partial charge in [0.15, 0.2) is 5.75 Å². The summed E-state index contributed by atoms with van der Waals surface area (Å²) in [7, 11) is 2.17. The fourth-order valence-electron chi connectivity index (χ4n) is 3.45. The van der Waals surface area contributed by atoms with Gasteiger partial charge in [-0.1, -0.05) is 23.7 Å². The van der Waals surface area contributed by atoms with Crippen LogP contribution in [0.5, 0.6) is 11.5 Å². The zero-order chi connectivity index (χ0) is 23.1. The number of amidine groups is 1. The van der Waals surface area contributed by atoms with Gasteiger partial charge < -0.3 is 19.3 Å². The van der Waals surface area contributed by atoms with Crippen molar-refractivity contribution in [2.45, 2.75) is 26.3 Å². The van der Waals surface area contributed by atoms with Crippen molar-refractivity contribution in [3.63, 3.8) is 0 Å². The maximum Gasteiger partial charge on any atom is 0.302 e. The molecule has 6 nitrogen and oxygen atoms in total. The maximum absolute atomic E-state index is 11.3. The predicted octanol–water partition coefficient (Wildman–Crippen LogP) is 5.07. The first-order chi connectivity index (χ1) is 15.4. The van der Waals surface area contributed by atoms with Crippen molar-refractivity contribution in [2.75, 3.05) is 40.0 Å². The van der Waals surface area contributed by atoms with E-state index in [0.717, 1.165) is 48.2 Å². The third kappa shape index (κ3) is 6.20. The molecular weight excluding hydrogens is 433 g/mol. The highest BCUT2D eigenvalue weighted by Gasteiger charge is 2.27. The number of piperazine rings is 1. The lowest BCUT2D eigenvalue weighted by molar-refractivity contribution is -0.141. The molecule has 172 valence electrons. The molecule has 0 aromatic heterocycles. The van der Waals surface area contributed by atoms with E-state index in [2.05, 4.69) is 34.6 Å². The first-order valence-electron chi connectivity index (χ1n) is 10.7. The molecule has 0 radical (unpaired) electrons. The first-order valence-corrected chi connectivity index (χ1v) is 11.1. The summed E-state index contributed by atoms with van der Waals surface area (Å²) in [6, 6.07) is 14.1. The molecule has 2 aromatic rings. The van der Waals surface area contributed by atoms with Crippen LogP contribution in [0.1, 0.15) is 25.8 Å². The smallest absolute Gasteiger partial charge is 0.302 e. The van der Waals surface area contributed by atoms with E-state index in [1.54, 1.807) is 0 Å². The van der Waals surface area contributed by atoms with Gasteiger partial charge in [-0.2, -0.15) is 0 Å². The van der Waals surface area contributed by atoms with Gasteiger partial charge in [-0.05, 0) is 44.3 Å².